The molecule has 0 atom stereocenters. The Morgan fingerprint density at radius 3 is 2.48 bits per heavy atom. The topological polar surface area (TPSA) is 75.0 Å². The smallest absolute Gasteiger partial charge is 0.258 e. The summed E-state index contributed by atoms with van der Waals surface area (Å²) in [6, 6.07) is 15.1. The number of aromatic nitrogens is 1. The fourth-order valence-corrected chi connectivity index (χ4v) is 2.70. The van der Waals surface area contributed by atoms with Crippen molar-refractivity contribution in [2.75, 3.05) is 5.32 Å². The molecule has 0 radical (unpaired) electrons. The molecule has 3 rings (SSSR count). The van der Waals surface area contributed by atoms with E-state index in [9.17, 15) is 14.4 Å². The number of rotatable bonds is 5. The van der Waals surface area contributed by atoms with Gasteiger partial charge in [0.05, 0.1) is 17.0 Å². The van der Waals surface area contributed by atoms with Crippen LogP contribution in [0.25, 0.3) is 0 Å². The molecular weight excluding hydrogens is 369 g/mol. The molecule has 0 unspecified atom stereocenters. The summed E-state index contributed by atoms with van der Waals surface area (Å²) in [5.41, 5.74) is 0.916. The fraction of sp³-hybridized carbons (Fsp3) is 0.174. The zero-order valence-electron chi connectivity index (χ0n) is 16.4. The summed E-state index contributed by atoms with van der Waals surface area (Å²) in [6.07, 6.45) is 3.20. The number of anilines is 1. The predicted octanol–water partition coefficient (Wildman–Crippen LogP) is 5.37. The van der Waals surface area contributed by atoms with Crippen LogP contribution in [0.5, 0.6) is 11.5 Å². The maximum absolute atomic E-state index is 14.2. The van der Waals surface area contributed by atoms with Gasteiger partial charge in [-0.15, -0.1) is 0 Å². The lowest BCUT2D eigenvalue weighted by atomic mass is 9.86. The van der Waals surface area contributed by atoms with E-state index in [0.717, 1.165) is 5.56 Å². The summed E-state index contributed by atoms with van der Waals surface area (Å²) in [6.45, 7) is 5.29. The molecule has 0 spiro atoms. The van der Waals surface area contributed by atoms with Crippen LogP contribution in [0.15, 0.2) is 60.9 Å². The third-order valence-corrected chi connectivity index (χ3v) is 4.42. The number of halogens is 1. The number of carbonyl (C=O) groups excluding carboxylic acids is 1. The highest BCUT2D eigenvalue weighted by molar-refractivity contribution is 6.04. The lowest BCUT2D eigenvalue weighted by Crippen LogP contribution is -2.17. The normalized spacial score (nSPS) is 10.9. The predicted molar refractivity (Wildman–Crippen MR) is 108 cm³/mol. The molecule has 0 aliphatic rings. The molecule has 1 aromatic heterocycles. The van der Waals surface area contributed by atoms with Crippen LogP contribution in [-0.4, -0.2) is 10.9 Å². The first kappa shape index (κ1) is 20.0. The molecule has 2 aromatic carbocycles. The summed E-state index contributed by atoms with van der Waals surface area (Å²) in [5, 5.41) is 12.2. The number of nitrogens with one attached hydrogen (secondary N) is 1. The second kappa shape index (κ2) is 8.11. The highest BCUT2D eigenvalue weighted by Gasteiger charge is 2.22. The molecule has 1 amide bonds. The maximum atomic E-state index is 14.2. The Morgan fingerprint density at radius 2 is 1.83 bits per heavy atom. The van der Waals surface area contributed by atoms with E-state index in [2.05, 4.69) is 16.4 Å². The molecule has 0 aliphatic carbocycles. The van der Waals surface area contributed by atoms with E-state index in [-0.39, 0.29) is 5.56 Å². The summed E-state index contributed by atoms with van der Waals surface area (Å²) in [4.78, 5) is 16.5. The number of amides is 1. The third-order valence-electron chi connectivity index (χ3n) is 4.42. The summed E-state index contributed by atoms with van der Waals surface area (Å²) in [5.74, 6) is -0.168. The second-order valence-electron chi connectivity index (χ2n) is 7.21. The monoisotopic (exact) mass is 389 g/mol. The van der Waals surface area contributed by atoms with Gasteiger partial charge in [0.2, 0.25) is 0 Å². The van der Waals surface area contributed by atoms with Gasteiger partial charge < -0.3 is 10.1 Å². The van der Waals surface area contributed by atoms with Crippen molar-refractivity contribution in [1.82, 2.24) is 4.98 Å². The van der Waals surface area contributed by atoms with Gasteiger partial charge in [-0.1, -0.05) is 6.07 Å². The van der Waals surface area contributed by atoms with Gasteiger partial charge in [-0.3, -0.25) is 9.78 Å². The van der Waals surface area contributed by atoms with Crippen molar-refractivity contribution < 1.29 is 13.9 Å². The quantitative estimate of drug-likeness (QED) is 0.636. The van der Waals surface area contributed by atoms with E-state index in [1.807, 2.05) is 0 Å². The molecule has 5 nitrogen and oxygen atoms in total. The largest absolute Gasteiger partial charge is 0.457 e. The Hall–Kier alpha value is -3.72. The Balaban J connectivity index is 1.96. The van der Waals surface area contributed by atoms with Gasteiger partial charge in [-0.05, 0) is 68.3 Å². The minimum absolute atomic E-state index is 0.0582. The molecule has 1 N–H and O–H groups in total. The van der Waals surface area contributed by atoms with Crippen molar-refractivity contribution in [3.8, 4) is 17.6 Å². The Kier molecular flexibility index (Phi) is 5.60. The summed E-state index contributed by atoms with van der Waals surface area (Å²) >= 11 is 0. The third kappa shape index (κ3) is 4.77. The van der Waals surface area contributed by atoms with Crippen LogP contribution in [0.4, 0.5) is 10.1 Å². The first-order chi connectivity index (χ1) is 13.8. The number of hydrogen-bond donors (Lipinski definition) is 1. The van der Waals surface area contributed by atoms with E-state index in [1.165, 1.54) is 12.1 Å². The molecule has 0 saturated heterocycles. The van der Waals surface area contributed by atoms with Crippen molar-refractivity contribution in [1.29, 1.82) is 5.26 Å². The van der Waals surface area contributed by atoms with Gasteiger partial charge in [0.15, 0.2) is 0 Å². The average molecular weight is 389 g/mol. The molecule has 29 heavy (non-hydrogen) atoms. The van der Waals surface area contributed by atoms with E-state index in [0.29, 0.717) is 22.7 Å². The number of pyridine rings is 1. The summed E-state index contributed by atoms with van der Waals surface area (Å²) in [7, 11) is 0. The number of hydrogen-bond acceptors (Lipinski definition) is 4. The van der Waals surface area contributed by atoms with Crippen LogP contribution in [0, 0.1) is 24.1 Å². The van der Waals surface area contributed by atoms with E-state index in [1.54, 1.807) is 69.6 Å². The van der Waals surface area contributed by atoms with Crippen LogP contribution in [0.3, 0.4) is 0 Å². The number of aryl methyl sites for hydroxylation is 1. The molecule has 3 aromatic rings. The molecule has 1 heterocycles. The Morgan fingerprint density at radius 1 is 1.10 bits per heavy atom. The van der Waals surface area contributed by atoms with E-state index < -0.39 is 17.1 Å². The van der Waals surface area contributed by atoms with E-state index in [4.69, 9.17) is 4.74 Å². The number of benzene rings is 2. The highest BCUT2D eigenvalue weighted by atomic mass is 19.1. The molecule has 0 bridgehead atoms. The van der Waals surface area contributed by atoms with Crippen LogP contribution in [0.1, 0.15) is 35.3 Å². The van der Waals surface area contributed by atoms with Crippen molar-refractivity contribution >= 4 is 11.6 Å². The van der Waals surface area contributed by atoms with Crippen molar-refractivity contribution in [3.05, 3.63) is 83.4 Å². The van der Waals surface area contributed by atoms with Crippen molar-refractivity contribution in [2.45, 2.75) is 26.2 Å². The van der Waals surface area contributed by atoms with Gasteiger partial charge in [0.1, 0.15) is 17.3 Å². The molecule has 0 fully saturated rings. The number of nitrogens with zero attached hydrogens (tertiary/aromatic N) is 2. The van der Waals surface area contributed by atoms with Crippen LogP contribution in [-0.2, 0) is 5.41 Å². The second-order valence-corrected chi connectivity index (χ2v) is 7.21. The molecule has 0 saturated carbocycles. The minimum atomic E-state index is -0.813. The molecule has 6 heteroatoms. The standard InChI is InChI=1S/C23H20FN3O2/c1-15-4-5-20(21(24)10-15)22(28)27-17-11-16(23(2,3)14-25)12-19(13-17)29-18-6-8-26-9-7-18/h4-13H,1-3H3,(H,27,28). The van der Waals surface area contributed by atoms with Gasteiger partial charge in [-0.25, -0.2) is 4.39 Å². The first-order valence-electron chi connectivity index (χ1n) is 9.01. The van der Waals surface area contributed by atoms with Gasteiger partial charge in [-0.2, -0.15) is 5.26 Å². The lowest BCUT2D eigenvalue weighted by molar-refractivity contribution is 0.102. The number of ether oxygens (including phenoxy) is 1. The van der Waals surface area contributed by atoms with Gasteiger partial charge in [0.25, 0.3) is 5.91 Å². The zero-order valence-corrected chi connectivity index (χ0v) is 16.4. The Labute approximate surface area is 168 Å². The molecular formula is C23H20FN3O2. The van der Waals surface area contributed by atoms with Crippen LogP contribution < -0.4 is 10.1 Å². The molecule has 146 valence electrons. The lowest BCUT2D eigenvalue weighted by Gasteiger charge is -2.19. The van der Waals surface area contributed by atoms with Crippen LogP contribution >= 0.6 is 0 Å². The minimum Gasteiger partial charge on any atom is -0.457 e. The average Bonchev–Trinajstić information content (AvgIpc) is 2.68. The van der Waals surface area contributed by atoms with Gasteiger partial charge >= 0.3 is 0 Å². The Bertz CT molecular complexity index is 1090. The van der Waals surface area contributed by atoms with Crippen molar-refractivity contribution in [3.63, 3.8) is 0 Å². The molecule has 0 aliphatic heterocycles. The number of nitriles is 1. The zero-order chi connectivity index (χ0) is 21.0. The van der Waals surface area contributed by atoms with E-state index >= 15 is 0 Å². The number of carbonyl (C=O) groups is 1. The van der Waals surface area contributed by atoms with Gasteiger partial charge in [0, 0.05) is 24.1 Å². The summed E-state index contributed by atoms with van der Waals surface area (Å²) < 4.78 is 20.0. The van der Waals surface area contributed by atoms with Crippen LogP contribution in [0.2, 0.25) is 0 Å². The first-order valence-corrected chi connectivity index (χ1v) is 9.01. The SMILES string of the molecule is Cc1ccc(C(=O)Nc2cc(Oc3ccncc3)cc(C(C)(C)C#N)c2)c(F)c1. The van der Waals surface area contributed by atoms with Crippen molar-refractivity contribution in [2.24, 2.45) is 0 Å². The fourth-order valence-electron chi connectivity index (χ4n) is 2.70. The maximum Gasteiger partial charge on any atom is 0.258 e. The highest BCUT2D eigenvalue weighted by Crippen LogP contribution is 2.32.